The third-order valence-electron chi connectivity index (χ3n) is 4.41. The fraction of sp³-hybridized carbons (Fsp3) is 0.125. The molecule has 0 fully saturated rings. The molecular formula is C24H23ClN4O8. The number of carboxylic acids is 2. The van der Waals surface area contributed by atoms with Crippen molar-refractivity contribution in [3.63, 3.8) is 0 Å². The van der Waals surface area contributed by atoms with Crippen LogP contribution in [0.15, 0.2) is 54.7 Å². The Hall–Kier alpha value is -4.84. The number of fused-ring (bicyclic) bond motifs is 1. The molecular weight excluding hydrogens is 508 g/mol. The minimum atomic E-state index is -1.26. The number of carbonyl (C=O) groups is 4. The molecule has 37 heavy (non-hydrogen) atoms. The molecule has 6 N–H and O–H groups in total. The summed E-state index contributed by atoms with van der Waals surface area (Å²) >= 11 is 6.25. The van der Waals surface area contributed by atoms with E-state index in [1.54, 1.807) is 42.6 Å². The summed E-state index contributed by atoms with van der Waals surface area (Å²) in [6.07, 6.45) is 2.69. The highest BCUT2D eigenvalue weighted by molar-refractivity contribution is 6.33. The lowest BCUT2D eigenvalue weighted by Gasteiger charge is -2.13. The van der Waals surface area contributed by atoms with Gasteiger partial charge in [0.2, 0.25) is 0 Å². The van der Waals surface area contributed by atoms with Gasteiger partial charge in [-0.25, -0.2) is 14.4 Å². The lowest BCUT2D eigenvalue weighted by molar-refractivity contribution is -0.134. The van der Waals surface area contributed by atoms with E-state index in [9.17, 15) is 19.2 Å². The van der Waals surface area contributed by atoms with E-state index in [0.717, 1.165) is 0 Å². The zero-order valence-electron chi connectivity index (χ0n) is 19.6. The molecule has 0 atom stereocenters. The number of halogens is 1. The van der Waals surface area contributed by atoms with Crippen LogP contribution in [-0.4, -0.2) is 52.7 Å². The van der Waals surface area contributed by atoms with E-state index < -0.39 is 17.8 Å². The number of nitrogens with one attached hydrogen (secondary N) is 2. The summed E-state index contributed by atoms with van der Waals surface area (Å²) in [6, 6.07) is 9.38. The topological polar surface area (TPSA) is 190 Å². The first kappa shape index (κ1) is 28.4. The number of aliphatic carboxylic acids is 2. The number of aromatic nitrogens is 1. The fourth-order valence-corrected chi connectivity index (χ4v) is 3.07. The Labute approximate surface area is 215 Å². The van der Waals surface area contributed by atoms with Gasteiger partial charge in [0.15, 0.2) is 0 Å². The molecule has 13 heteroatoms. The number of rotatable bonds is 8. The van der Waals surface area contributed by atoms with Crippen LogP contribution >= 0.6 is 11.6 Å². The Morgan fingerprint density at radius 1 is 1.05 bits per heavy atom. The minimum absolute atomic E-state index is 0.220. The Balaban J connectivity index is 0.000000521. The van der Waals surface area contributed by atoms with Gasteiger partial charge >= 0.3 is 18.0 Å². The second kappa shape index (κ2) is 13.3. The molecule has 2 aromatic carbocycles. The Kier molecular flexibility index (Phi) is 10.2. The summed E-state index contributed by atoms with van der Waals surface area (Å²) in [6.45, 7) is 2.31. The molecule has 0 unspecified atom stereocenters. The normalized spacial score (nSPS) is 10.2. The van der Waals surface area contributed by atoms with Crippen molar-refractivity contribution in [1.82, 2.24) is 10.3 Å². The van der Waals surface area contributed by atoms with Crippen molar-refractivity contribution in [1.29, 1.82) is 0 Å². The Morgan fingerprint density at radius 2 is 1.73 bits per heavy atom. The number of amides is 3. The predicted molar refractivity (Wildman–Crippen MR) is 135 cm³/mol. The van der Waals surface area contributed by atoms with E-state index >= 15 is 0 Å². The number of benzene rings is 2. The molecule has 0 saturated carbocycles. The average Bonchev–Trinajstić information content (AvgIpc) is 2.84. The number of methoxy groups -OCH3 is 1. The Bertz CT molecular complexity index is 1340. The summed E-state index contributed by atoms with van der Waals surface area (Å²) in [5.74, 6) is -1.90. The van der Waals surface area contributed by atoms with Gasteiger partial charge in [0.05, 0.1) is 28.9 Å². The summed E-state index contributed by atoms with van der Waals surface area (Å²) in [5, 5.41) is 21.8. The van der Waals surface area contributed by atoms with Crippen molar-refractivity contribution in [3.05, 3.63) is 65.3 Å². The molecule has 0 aliphatic rings. The van der Waals surface area contributed by atoms with Gasteiger partial charge in [-0.3, -0.25) is 9.78 Å². The highest BCUT2D eigenvalue weighted by Crippen LogP contribution is 2.35. The molecule has 1 heterocycles. The van der Waals surface area contributed by atoms with Crippen molar-refractivity contribution in [2.24, 2.45) is 5.73 Å². The van der Waals surface area contributed by atoms with Gasteiger partial charge < -0.3 is 36.1 Å². The fourth-order valence-electron chi connectivity index (χ4n) is 2.86. The lowest BCUT2D eigenvalue weighted by atomic mass is 10.1. The minimum Gasteiger partial charge on any atom is -0.496 e. The molecule has 0 aliphatic heterocycles. The zero-order valence-corrected chi connectivity index (χ0v) is 20.4. The predicted octanol–water partition coefficient (Wildman–Crippen LogP) is 3.64. The molecule has 0 saturated heterocycles. The van der Waals surface area contributed by atoms with E-state index in [2.05, 4.69) is 15.6 Å². The van der Waals surface area contributed by atoms with Gasteiger partial charge in [-0.2, -0.15) is 0 Å². The van der Waals surface area contributed by atoms with E-state index in [0.29, 0.717) is 57.6 Å². The van der Waals surface area contributed by atoms with Gasteiger partial charge in [0.1, 0.15) is 17.2 Å². The van der Waals surface area contributed by atoms with Crippen LogP contribution < -0.4 is 25.8 Å². The smallest absolute Gasteiger partial charge is 0.328 e. The van der Waals surface area contributed by atoms with Crippen LogP contribution in [0.25, 0.3) is 10.9 Å². The lowest BCUT2D eigenvalue weighted by Crippen LogP contribution is -2.28. The van der Waals surface area contributed by atoms with Gasteiger partial charge in [0.25, 0.3) is 5.91 Å². The van der Waals surface area contributed by atoms with Crippen molar-refractivity contribution < 1.29 is 38.9 Å². The van der Waals surface area contributed by atoms with E-state index in [4.69, 9.17) is 37.0 Å². The van der Waals surface area contributed by atoms with Crippen molar-refractivity contribution in [3.8, 4) is 17.2 Å². The monoisotopic (exact) mass is 530 g/mol. The van der Waals surface area contributed by atoms with Crippen LogP contribution in [0.4, 0.5) is 10.5 Å². The number of anilines is 1. The largest absolute Gasteiger partial charge is 0.496 e. The van der Waals surface area contributed by atoms with E-state index in [-0.39, 0.29) is 11.6 Å². The molecule has 194 valence electrons. The van der Waals surface area contributed by atoms with Crippen LogP contribution in [0, 0.1) is 0 Å². The first-order valence-electron chi connectivity index (χ1n) is 10.5. The van der Waals surface area contributed by atoms with Gasteiger partial charge in [-0.15, -0.1) is 0 Å². The van der Waals surface area contributed by atoms with Crippen molar-refractivity contribution >= 4 is 52.1 Å². The number of ether oxygens (including phenoxy) is 2. The molecule has 1 aromatic heterocycles. The average molecular weight is 531 g/mol. The van der Waals surface area contributed by atoms with E-state index in [1.807, 2.05) is 6.92 Å². The van der Waals surface area contributed by atoms with Crippen molar-refractivity contribution in [2.75, 3.05) is 19.0 Å². The summed E-state index contributed by atoms with van der Waals surface area (Å²) in [4.78, 5) is 46.8. The molecule has 0 bridgehead atoms. The standard InChI is InChI=1S/C20H19ClN4O4.C4H4O4/c1-3-23-20(27)25-15-5-4-11(8-14(15)21)29-17-6-7-24-16-10-18(28-2)13(19(22)26)9-12(16)17;5-3(6)1-2-4(7)8/h4-10H,3H2,1-2H3,(H2,22,26)(H2,23,25,27);1-2H,(H,5,6)(H,7,8)/b;2-1-. The molecule has 3 amide bonds. The number of nitrogens with two attached hydrogens (primary N) is 1. The van der Waals surface area contributed by atoms with Crippen molar-refractivity contribution in [2.45, 2.75) is 6.92 Å². The Morgan fingerprint density at radius 3 is 2.27 bits per heavy atom. The second-order valence-corrected chi connectivity index (χ2v) is 7.39. The number of pyridine rings is 1. The maximum absolute atomic E-state index is 11.7. The first-order valence-corrected chi connectivity index (χ1v) is 10.9. The maximum Gasteiger partial charge on any atom is 0.328 e. The van der Waals surface area contributed by atoms with Crippen LogP contribution in [0.1, 0.15) is 17.3 Å². The number of hydrogen-bond acceptors (Lipinski definition) is 7. The highest BCUT2D eigenvalue weighted by atomic mass is 35.5. The van der Waals surface area contributed by atoms with Gasteiger partial charge in [0, 0.05) is 42.4 Å². The highest BCUT2D eigenvalue weighted by Gasteiger charge is 2.15. The molecule has 12 nitrogen and oxygen atoms in total. The molecule has 0 spiro atoms. The van der Waals surface area contributed by atoms with Crippen LogP contribution in [-0.2, 0) is 9.59 Å². The maximum atomic E-state index is 11.7. The number of carbonyl (C=O) groups excluding carboxylic acids is 2. The van der Waals surface area contributed by atoms with Gasteiger partial charge in [-0.05, 0) is 31.2 Å². The van der Waals surface area contributed by atoms with E-state index in [1.165, 1.54) is 7.11 Å². The first-order chi connectivity index (χ1) is 17.5. The number of hydrogen-bond donors (Lipinski definition) is 5. The SMILES string of the molecule is CCNC(=O)Nc1ccc(Oc2ccnc3cc(OC)c(C(N)=O)cc23)cc1Cl.O=C(O)/C=C\C(=O)O. The van der Waals surface area contributed by atoms with Crippen LogP contribution in [0.3, 0.4) is 0 Å². The third kappa shape index (κ3) is 8.40. The molecule has 0 radical (unpaired) electrons. The second-order valence-electron chi connectivity index (χ2n) is 6.98. The van der Waals surface area contributed by atoms with Crippen LogP contribution in [0.5, 0.6) is 17.2 Å². The van der Waals surface area contributed by atoms with Crippen LogP contribution in [0.2, 0.25) is 5.02 Å². The number of primary amides is 1. The number of nitrogens with zero attached hydrogens (tertiary/aromatic N) is 1. The quantitative estimate of drug-likeness (QED) is 0.270. The molecule has 3 aromatic rings. The summed E-state index contributed by atoms with van der Waals surface area (Å²) < 4.78 is 11.2. The summed E-state index contributed by atoms with van der Waals surface area (Å²) in [5.41, 5.74) is 6.69. The number of carboxylic acid groups (broad SMARTS) is 2. The zero-order chi connectivity index (χ0) is 27.5. The molecule has 3 rings (SSSR count). The third-order valence-corrected chi connectivity index (χ3v) is 4.72. The molecule has 0 aliphatic carbocycles. The number of urea groups is 1. The summed E-state index contributed by atoms with van der Waals surface area (Å²) in [7, 11) is 1.45. The van der Waals surface area contributed by atoms with Gasteiger partial charge in [-0.1, -0.05) is 11.6 Å².